The number of nitrogens with one attached hydrogen (secondary N) is 2. The molecule has 1 aromatic carbocycles. The van der Waals surface area contributed by atoms with Crippen molar-refractivity contribution < 1.29 is 9.72 Å². The minimum Gasteiger partial charge on any atom is -0.350 e. The zero-order chi connectivity index (χ0) is 14.6. The SMILES string of the molecule is CCC1(C(=O)NCc2ccc([N+](=O)[O-])cc2)CCCN1. The van der Waals surface area contributed by atoms with Gasteiger partial charge in [0.15, 0.2) is 0 Å². The molecule has 0 spiro atoms. The summed E-state index contributed by atoms with van der Waals surface area (Å²) in [4.78, 5) is 22.4. The topological polar surface area (TPSA) is 84.3 Å². The molecule has 108 valence electrons. The fourth-order valence-electron chi connectivity index (χ4n) is 2.55. The van der Waals surface area contributed by atoms with Gasteiger partial charge in [-0.25, -0.2) is 0 Å². The van der Waals surface area contributed by atoms with E-state index in [-0.39, 0.29) is 11.6 Å². The van der Waals surface area contributed by atoms with Crippen molar-refractivity contribution in [2.45, 2.75) is 38.3 Å². The molecule has 1 saturated heterocycles. The van der Waals surface area contributed by atoms with Gasteiger partial charge in [0.1, 0.15) is 0 Å². The third-order valence-electron chi connectivity index (χ3n) is 3.88. The molecule has 2 rings (SSSR count). The largest absolute Gasteiger partial charge is 0.350 e. The lowest BCUT2D eigenvalue weighted by molar-refractivity contribution is -0.384. The zero-order valence-corrected chi connectivity index (χ0v) is 11.5. The van der Waals surface area contributed by atoms with Crippen molar-refractivity contribution in [1.82, 2.24) is 10.6 Å². The van der Waals surface area contributed by atoms with Crippen LogP contribution in [0.3, 0.4) is 0 Å². The Morgan fingerprint density at radius 1 is 1.45 bits per heavy atom. The van der Waals surface area contributed by atoms with E-state index in [2.05, 4.69) is 10.6 Å². The highest BCUT2D eigenvalue weighted by atomic mass is 16.6. The number of carbonyl (C=O) groups is 1. The number of benzene rings is 1. The molecule has 0 aromatic heterocycles. The lowest BCUT2D eigenvalue weighted by Crippen LogP contribution is -2.52. The Kier molecular flexibility index (Phi) is 4.34. The summed E-state index contributed by atoms with van der Waals surface area (Å²) < 4.78 is 0. The van der Waals surface area contributed by atoms with Crippen LogP contribution in [0.15, 0.2) is 24.3 Å². The molecule has 1 amide bonds. The molecule has 2 N–H and O–H groups in total. The average Bonchev–Trinajstić information content (AvgIpc) is 2.95. The Balaban J connectivity index is 1.94. The molecule has 0 aliphatic carbocycles. The van der Waals surface area contributed by atoms with Crippen LogP contribution in [0.1, 0.15) is 31.7 Å². The highest BCUT2D eigenvalue weighted by Crippen LogP contribution is 2.23. The molecule has 6 heteroatoms. The molecule has 1 unspecified atom stereocenters. The third kappa shape index (κ3) is 2.96. The Morgan fingerprint density at radius 3 is 2.65 bits per heavy atom. The van der Waals surface area contributed by atoms with E-state index < -0.39 is 10.5 Å². The Bertz CT molecular complexity index is 493. The van der Waals surface area contributed by atoms with Gasteiger partial charge in [-0.1, -0.05) is 19.1 Å². The standard InChI is InChI=1S/C14H19N3O3/c1-2-14(8-3-9-16-14)13(18)15-10-11-4-6-12(7-5-11)17(19)20/h4-7,16H,2-3,8-10H2,1H3,(H,15,18). The normalized spacial score (nSPS) is 21.6. The minimum atomic E-state index is -0.444. The molecular weight excluding hydrogens is 258 g/mol. The first-order chi connectivity index (χ1) is 9.57. The van der Waals surface area contributed by atoms with Crippen LogP contribution < -0.4 is 10.6 Å². The predicted octanol–water partition coefficient (Wildman–Crippen LogP) is 1.74. The zero-order valence-electron chi connectivity index (χ0n) is 11.5. The van der Waals surface area contributed by atoms with Gasteiger partial charge < -0.3 is 10.6 Å². The van der Waals surface area contributed by atoms with Crippen molar-refractivity contribution in [3.05, 3.63) is 39.9 Å². The van der Waals surface area contributed by atoms with Crippen molar-refractivity contribution in [1.29, 1.82) is 0 Å². The molecule has 0 saturated carbocycles. The summed E-state index contributed by atoms with van der Waals surface area (Å²) in [6.45, 7) is 3.27. The van der Waals surface area contributed by atoms with Gasteiger partial charge in [-0.2, -0.15) is 0 Å². The van der Waals surface area contributed by atoms with Gasteiger partial charge in [0, 0.05) is 18.7 Å². The van der Waals surface area contributed by atoms with E-state index in [0.29, 0.717) is 6.54 Å². The maximum absolute atomic E-state index is 12.3. The number of amides is 1. The molecular formula is C14H19N3O3. The fraction of sp³-hybridized carbons (Fsp3) is 0.500. The first-order valence-electron chi connectivity index (χ1n) is 6.84. The van der Waals surface area contributed by atoms with Gasteiger partial charge in [-0.3, -0.25) is 14.9 Å². The molecule has 1 fully saturated rings. The molecule has 20 heavy (non-hydrogen) atoms. The van der Waals surface area contributed by atoms with E-state index in [1.54, 1.807) is 12.1 Å². The van der Waals surface area contributed by atoms with E-state index in [1.165, 1.54) is 12.1 Å². The average molecular weight is 277 g/mol. The van der Waals surface area contributed by atoms with Crippen molar-refractivity contribution in [3.63, 3.8) is 0 Å². The summed E-state index contributed by atoms with van der Waals surface area (Å²) in [5.41, 5.74) is 0.469. The number of nitrogens with zero attached hydrogens (tertiary/aromatic N) is 1. The van der Waals surface area contributed by atoms with Crippen LogP contribution in [-0.2, 0) is 11.3 Å². The molecule has 1 aromatic rings. The first-order valence-corrected chi connectivity index (χ1v) is 6.84. The van der Waals surface area contributed by atoms with Gasteiger partial charge in [0.25, 0.3) is 5.69 Å². The van der Waals surface area contributed by atoms with E-state index in [9.17, 15) is 14.9 Å². The highest BCUT2D eigenvalue weighted by Gasteiger charge is 2.38. The van der Waals surface area contributed by atoms with E-state index >= 15 is 0 Å². The van der Waals surface area contributed by atoms with Gasteiger partial charge >= 0.3 is 0 Å². The summed E-state index contributed by atoms with van der Waals surface area (Å²) in [6, 6.07) is 6.23. The van der Waals surface area contributed by atoms with E-state index in [4.69, 9.17) is 0 Å². The molecule has 1 heterocycles. The number of non-ortho nitro benzene ring substituents is 1. The summed E-state index contributed by atoms with van der Waals surface area (Å²) in [7, 11) is 0. The van der Waals surface area contributed by atoms with Crippen molar-refractivity contribution in [2.24, 2.45) is 0 Å². The summed E-state index contributed by atoms with van der Waals surface area (Å²) >= 11 is 0. The number of hydrogen-bond donors (Lipinski definition) is 2. The van der Waals surface area contributed by atoms with Crippen LogP contribution in [0.2, 0.25) is 0 Å². The second-order valence-electron chi connectivity index (χ2n) is 5.07. The summed E-state index contributed by atoms with van der Waals surface area (Å²) in [5.74, 6) is 0.0100. The molecule has 0 radical (unpaired) electrons. The number of nitro benzene ring substituents is 1. The lowest BCUT2D eigenvalue weighted by atomic mass is 9.93. The minimum absolute atomic E-state index is 0.0100. The van der Waals surface area contributed by atoms with Crippen LogP contribution in [-0.4, -0.2) is 22.9 Å². The van der Waals surface area contributed by atoms with E-state index in [1.807, 2.05) is 6.92 Å². The fourth-order valence-corrected chi connectivity index (χ4v) is 2.55. The Labute approximate surface area is 117 Å². The van der Waals surface area contributed by atoms with Gasteiger partial charge in [-0.05, 0) is 31.4 Å². The lowest BCUT2D eigenvalue weighted by Gasteiger charge is -2.26. The third-order valence-corrected chi connectivity index (χ3v) is 3.88. The van der Waals surface area contributed by atoms with Gasteiger partial charge in [0.2, 0.25) is 5.91 Å². The molecule has 1 aliphatic heterocycles. The smallest absolute Gasteiger partial charge is 0.269 e. The van der Waals surface area contributed by atoms with Crippen LogP contribution in [0.5, 0.6) is 0 Å². The summed E-state index contributed by atoms with van der Waals surface area (Å²) in [5, 5.41) is 16.7. The van der Waals surface area contributed by atoms with Crippen LogP contribution in [0.4, 0.5) is 5.69 Å². The molecule has 0 bridgehead atoms. The second-order valence-corrected chi connectivity index (χ2v) is 5.07. The number of hydrogen-bond acceptors (Lipinski definition) is 4. The number of nitro groups is 1. The monoisotopic (exact) mass is 277 g/mol. The van der Waals surface area contributed by atoms with Crippen molar-refractivity contribution in [2.75, 3.05) is 6.54 Å². The van der Waals surface area contributed by atoms with Crippen LogP contribution in [0, 0.1) is 10.1 Å². The Hall–Kier alpha value is -1.95. The van der Waals surface area contributed by atoms with Crippen LogP contribution >= 0.6 is 0 Å². The van der Waals surface area contributed by atoms with Crippen LogP contribution in [0.25, 0.3) is 0 Å². The van der Waals surface area contributed by atoms with E-state index in [0.717, 1.165) is 31.4 Å². The van der Waals surface area contributed by atoms with Crippen molar-refractivity contribution in [3.8, 4) is 0 Å². The highest BCUT2D eigenvalue weighted by molar-refractivity contribution is 5.86. The van der Waals surface area contributed by atoms with Crippen molar-refractivity contribution >= 4 is 11.6 Å². The molecule has 1 atom stereocenters. The Morgan fingerprint density at radius 2 is 2.15 bits per heavy atom. The predicted molar refractivity (Wildman–Crippen MR) is 75.2 cm³/mol. The maximum Gasteiger partial charge on any atom is 0.269 e. The quantitative estimate of drug-likeness (QED) is 0.634. The van der Waals surface area contributed by atoms with Gasteiger partial charge in [-0.15, -0.1) is 0 Å². The van der Waals surface area contributed by atoms with Gasteiger partial charge in [0.05, 0.1) is 10.5 Å². The first kappa shape index (κ1) is 14.5. The summed E-state index contributed by atoms with van der Waals surface area (Å²) in [6.07, 6.45) is 2.63. The molecule has 1 aliphatic rings. The maximum atomic E-state index is 12.3. The number of carbonyl (C=O) groups excluding carboxylic acids is 1. The second kappa shape index (κ2) is 6.00. The molecule has 6 nitrogen and oxygen atoms in total. The number of rotatable bonds is 5.